The van der Waals surface area contributed by atoms with Crippen molar-refractivity contribution < 1.29 is 9.53 Å². The van der Waals surface area contributed by atoms with Gasteiger partial charge in [-0.15, -0.1) is 0 Å². The van der Waals surface area contributed by atoms with E-state index in [4.69, 9.17) is 4.74 Å². The van der Waals surface area contributed by atoms with Crippen LogP contribution in [0, 0.1) is 0 Å². The van der Waals surface area contributed by atoms with Crippen LogP contribution < -0.4 is 15.6 Å². The minimum atomic E-state index is -0.212. The Hall–Kier alpha value is -3.08. The Kier molecular flexibility index (Phi) is 4.10. The molecule has 0 radical (unpaired) electrons. The molecule has 0 aliphatic rings. The maximum absolute atomic E-state index is 12.1. The van der Waals surface area contributed by atoms with E-state index in [9.17, 15) is 9.59 Å². The van der Waals surface area contributed by atoms with E-state index < -0.39 is 0 Å². The SMILES string of the molecule is COc1ccc2[nH]c(=O)c(CNC(=O)c3ccccc3)cc2c1. The summed E-state index contributed by atoms with van der Waals surface area (Å²) >= 11 is 0. The van der Waals surface area contributed by atoms with Crippen molar-refractivity contribution in [1.82, 2.24) is 10.3 Å². The molecule has 2 N–H and O–H groups in total. The van der Waals surface area contributed by atoms with Gasteiger partial charge < -0.3 is 15.0 Å². The van der Waals surface area contributed by atoms with Crippen molar-refractivity contribution in [2.75, 3.05) is 7.11 Å². The van der Waals surface area contributed by atoms with Crippen LogP contribution in [-0.4, -0.2) is 18.0 Å². The number of nitrogens with one attached hydrogen (secondary N) is 2. The van der Waals surface area contributed by atoms with Gasteiger partial charge in [0, 0.05) is 28.6 Å². The number of fused-ring (bicyclic) bond motifs is 1. The van der Waals surface area contributed by atoms with E-state index in [1.807, 2.05) is 12.1 Å². The van der Waals surface area contributed by atoms with Crippen molar-refractivity contribution in [3.8, 4) is 5.75 Å². The first-order valence-corrected chi connectivity index (χ1v) is 7.20. The van der Waals surface area contributed by atoms with Gasteiger partial charge in [0.05, 0.1) is 7.11 Å². The molecule has 3 rings (SSSR count). The lowest BCUT2D eigenvalue weighted by atomic mass is 10.1. The zero-order valence-electron chi connectivity index (χ0n) is 12.6. The number of carbonyl (C=O) groups is 1. The van der Waals surface area contributed by atoms with Crippen LogP contribution in [0.3, 0.4) is 0 Å². The van der Waals surface area contributed by atoms with E-state index in [1.165, 1.54) is 0 Å². The van der Waals surface area contributed by atoms with Gasteiger partial charge in [0.2, 0.25) is 0 Å². The van der Waals surface area contributed by atoms with Crippen LogP contribution in [0.5, 0.6) is 5.75 Å². The first kappa shape index (κ1) is 14.8. The highest BCUT2D eigenvalue weighted by molar-refractivity contribution is 5.94. The molecule has 23 heavy (non-hydrogen) atoms. The van der Waals surface area contributed by atoms with E-state index in [-0.39, 0.29) is 18.0 Å². The molecule has 3 aromatic rings. The molecular weight excluding hydrogens is 292 g/mol. The van der Waals surface area contributed by atoms with Gasteiger partial charge in [0.25, 0.3) is 11.5 Å². The minimum absolute atomic E-state index is 0.163. The average molecular weight is 308 g/mol. The second-order valence-electron chi connectivity index (χ2n) is 5.13. The molecule has 1 amide bonds. The fourth-order valence-corrected chi connectivity index (χ4v) is 2.36. The second-order valence-corrected chi connectivity index (χ2v) is 5.13. The minimum Gasteiger partial charge on any atom is -0.497 e. The number of benzene rings is 2. The lowest BCUT2D eigenvalue weighted by molar-refractivity contribution is 0.0951. The molecule has 116 valence electrons. The normalized spacial score (nSPS) is 10.5. The largest absolute Gasteiger partial charge is 0.497 e. The number of rotatable bonds is 4. The van der Waals surface area contributed by atoms with Crippen molar-refractivity contribution in [3.63, 3.8) is 0 Å². The van der Waals surface area contributed by atoms with Gasteiger partial charge in [0.15, 0.2) is 0 Å². The molecule has 0 unspecified atom stereocenters. The number of amides is 1. The lowest BCUT2D eigenvalue weighted by Crippen LogP contribution is -2.26. The summed E-state index contributed by atoms with van der Waals surface area (Å²) in [7, 11) is 1.59. The number of H-pyrrole nitrogens is 1. The van der Waals surface area contributed by atoms with Gasteiger partial charge in [-0.05, 0) is 36.4 Å². The molecule has 0 atom stereocenters. The summed E-state index contributed by atoms with van der Waals surface area (Å²) in [5, 5.41) is 3.61. The molecule has 1 heterocycles. The van der Waals surface area contributed by atoms with Gasteiger partial charge in [-0.3, -0.25) is 9.59 Å². The zero-order chi connectivity index (χ0) is 16.2. The molecule has 1 aromatic heterocycles. The third-order valence-corrected chi connectivity index (χ3v) is 3.60. The summed E-state index contributed by atoms with van der Waals surface area (Å²) in [5.41, 5.74) is 1.58. The Bertz CT molecular complexity index is 901. The molecule has 0 aliphatic carbocycles. The summed E-state index contributed by atoms with van der Waals surface area (Å²) in [4.78, 5) is 27.0. The fraction of sp³-hybridized carbons (Fsp3) is 0.111. The maximum Gasteiger partial charge on any atom is 0.253 e. The zero-order valence-corrected chi connectivity index (χ0v) is 12.6. The van der Waals surface area contributed by atoms with Gasteiger partial charge in [-0.2, -0.15) is 0 Å². The van der Waals surface area contributed by atoms with E-state index in [1.54, 1.807) is 49.6 Å². The molecule has 5 nitrogen and oxygen atoms in total. The summed E-state index contributed by atoms with van der Waals surface area (Å²) in [6.45, 7) is 0.163. The first-order chi connectivity index (χ1) is 11.2. The molecule has 0 fully saturated rings. The van der Waals surface area contributed by atoms with E-state index >= 15 is 0 Å². The number of ether oxygens (including phenoxy) is 1. The Labute approximate surface area is 132 Å². The number of hydrogen-bond donors (Lipinski definition) is 2. The molecule has 2 aromatic carbocycles. The molecule has 0 aliphatic heterocycles. The molecule has 0 bridgehead atoms. The summed E-state index contributed by atoms with van der Waals surface area (Å²) in [6.07, 6.45) is 0. The van der Waals surface area contributed by atoms with Crippen LogP contribution in [0.2, 0.25) is 0 Å². The van der Waals surface area contributed by atoms with Crippen molar-refractivity contribution >= 4 is 16.8 Å². The standard InChI is InChI=1S/C18H16N2O3/c1-23-15-7-8-16-13(10-15)9-14(18(22)20-16)11-19-17(21)12-5-3-2-4-6-12/h2-10H,11H2,1H3,(H,19,21)(H,20,22). The summed E-state index contributed by atoms with van der Waals surface area (Å²) in [6, 6.07) is 16.1. The van der Waals surface area contributed by atoms with Crippen molar-refractivity contribution in [2.24, 2.45) is 0 Å². The van der Waals surface area contributed by atoms with Gasteiger partial charge in [-0.1, -0.05) is 18.2 Å². The number of methoxy groups -OCH3 is 1. The van der Waals surface area contributed by atoms with Crippen LogP contribution in [-0.2, 0) is 6.54 Å². The Morgan fingerprint density at radius 2 is 1.91 bits per heavy atom. The average Bonchev–Trinajstić information content (AvgIpc) is 2.60. The predicted molar refractivity (Wildman–Crippen MR) is 88.7 cm³/mol. The quantitative estimate of drug-likeness (QED) is 0.778. The summed E-state index contributed by atoms with van der Waals surface area (Å²) in [5.74, 6) is 0.500. The third kappa shape index (κ3) is 3.23. The molecule has 0 spiro atoms. The van der Waals surface area contributed by atoms with Crippen molar-refractivity contribution in [3.05, 3.63) is 76.1 Å². The number of aromatic nitrogens is 1. The van der Waals surface area contributed by atoms with E-state index in [2.05, 4.69) is 10.3 Å². The fourth-order valence-electron chi connectivity index (χ4n) is 2.36. The second kappa shape index (κ2) is 6.36. The van der Waals surface area contributed by atoms with Crippen LogP contribution in [0.15, 0.2) is 59.4 Å². The molecule has 0 saturated carbocycles. The van der Waals surface area contributed by atoms with Crippen LogP contribution >= 0.6 is 0 Å². The summed E-state index contributed by atoms with van der Waals surface area (Å²) < 4.78 is 5.19. The van der Waals surface area contributed by atoms with Gasteiger partial charge in [0.1, 0.15) is 5.75 Å². The molecule has 0 saturated heterocycles. The predicted octanol–water partition coefficient (Wildman–Crippen LogP) is 2.47. The van der Waals surface area contributed by atoms with Crippen LogP contribution in [0.25, 0.3) is 10.9 Å². The van der Waals surface area contributed by atoms with E-state index in [0.717, 1.165) is 10.9 Å². The number of pyridine rings is 1. The third-order valence-electron chi connectivity index (χ3n) is 3.60. The van der Waals surface area contributed by atoms with Crippen LogP contribution in [0.4, 0.5) is 0 Å². The van der Waals surface area contributed by atoms with Gasteiger partial charge in [-0.25, -0.2) is 0 Å². The first-order valence-electron chi connectivity index (χ1n) is 7.20. The highest BCUT2D eigenvalue weighted by Crippen LogP contribution is 2.18. The molecular formula is C18H16N2O3. The lowest BCUT2D eigenvalue weighted by Gasteiger charge is -2.07. The van der Waals surface area contributed by atoms with Crippen molar-refractivity contribution in [2.45, 2.75) is 6.54 Å². The Balaban J connectivity index is 1.83. The monoisotopic (exact) mass is 308 g/mol. The maximum atomic E-state index is 12.1. The van der Waals surface area contributed by atoms with E-state index in [0.29, 0.717) is 16.9 Å². The Morgan fingerprint density at radius 3 is 2.65 bits per heavy atom. The smallest absolute Gasteiger partial charge is 0.253 e. The number of hydrogen-bond acceptors (Lipinski definition) is 3. The Morgan fingerprint density at radius 1 is 1.13 bits per heavy atom. The highest BCUT2D eigenvalue weighted by Gasteiger charge is 2.08. The topological polar surface area (TPSA) is 71.2 Å². The number of carbonyl (C=O) groups excluding carboxylic acids is 1. The van der Waals surface area contributed by atoms with Crippen molar-refractivity contribution in [1.29, 1.82) is 0 Å². The number of aromatic amines is 1. The van der Waals surface area contributed by atoms with Crippen LogP contribution in [0.1, 0.15) is 15.9 Å². The van der Waals surface area contributed by atoms with Gasteiger partial charge >= 0.3 is 0 Å². The molecule has 5 heteroatoms. The highest BCUT2D eigenvalue weighted by atomic mass is 16.5.